The maximum absolute atomic E-state index is 12.9. The standard InChI is InChI=1S/C19H33N3O3S/c1-5-8-10-16(6-2)18(24)22(11-9-12-25-7-3)13-17(23)21-19-20-15(4)14-26-19/h14,16H,5-13H2,1-4H3,(H,20,21,23). The quantitative estimate of drug-likeness (QED) is 0.525. The first kappa shape index (κ1) is 22.6. The summed E-state index contributed by atoms with van der Waals surface area (Å²) in [4.78, 5) is 31.2. The van der Waals surface area contributed by atoms with E-state index in [-0.39, 0.29) is 24.3 Å². The lowest BCUT2D eigenvalue weighted by Gasteiger charge is -2.26. The number of ether oxygens (including phenoxy) is 1. The molecule has 0 radical (unpaired) electrons. The summed E-state index contributed by atoms with van der Waals surface area (Å²) in [5, 5.41) is 5.26. The summed E-state index contributed by atoms with van der Waals surface area (Å²) in [6.07, 6.45) is 4.50. The van der Waals surface area contributed by atoms with E-state index < -0.39 is 0 Å². The molecule has 0 fully saturated rings. The maximum atomic E-state index is 12.9. The van der Waals surface area contributed by atoms with Gasteiger partial charge in [-0.15, -0.1) is 11.3 Å². The molecule has 0 saturated carbocycles. The molecule has 6 nitrogen and oxygen atoms in total. The summed E-state index contributed by atoms with van der Waals surface area (Å²) in [6.45, 7) is 9.85. The number of anilines is 1. The molecule has 0 aromatic carbocycles. The van der Waals surface area contributed by atoms with Crippen molar-refractivity contribution in [1.82, 2.24) is 9.88 Å². The fourth-order valence-electron chi connectivity index (χ4n) is 2.72. The Morgan fingerprint density at radius 1 is 1.31 bits per heavy atom. The number of thiazole rings is 1. The predicted octanol–water partition coefficient (Wildman–Crippen LogP) is 3.86. The second kappa shape index (κ2) is 12.8. The number of carbonyl (C=O) groups excluding carboxylic acids is 2. The number of aromatic nitrogens is 1. The third-order valence-corrected chi connectivity index (χ3v) is 5.06. The van der Waals surface area contributed by atoms with Crippen LogP contribution in [0.4, 0.5) is 5.13 Å². The van der Waals surface area contributed by atoms with Crippen LogP contribution in [0, 0.1) is 12.8 Å². The lowest BCUT2D eigenvalue weighted by Crippen LogP contribution is -2.42. The Morgan fingerprint density at radius 2 is 2.08 bits per heavy atom. The molecule has 1 heterocycles. The molecule has 0 saturated heterocycles. The van der Waals surface area contributed by atoms with Crippen molar-refractivity contribution in [3.8, 4) is 0 Å². The third-order valence-electron chi connectivity index (χ3n) is 4.18. The lowest BCUT2D eigenvalue weighted by atomic mass is 9.97. The number of hydrogen-bond donors (Lipinski definition) is 1. The smallest absolute Gasteiger partial charge is 0.245 e. The highest BCUT2D eigenvalue weighted by Crippen LogP contribution is 2.17. The number of nitrogens with zero attached hydrogens (tertiary/aromatic N) is 2. The number of amides is 2. The highest BCUT2D eigenvalue weighted by molar-refractivity contribution is 7.13. The molecule has 148 valence electrons. The average Bonchev–Trinajstić information content (AvgIpc) is 3.02. The molecule has 1 rings (SSSR count). The van der Waals surface area contributed by atoms with Gasteiger partial charge in [0.05, 0.1) is 12.2 Å². The van der Waals surface area contributed by atoms with Crippen LogP contribution in [0.2, 0.25) is 0 Å². The van der Waals surface area contributed by atoms with Crippen molar-refractivity contribution < 1.29 is 14.3 Å². The maximum Gasteiger partial charge on any atom is 0.245 e. The number of hydrogen-bond acceptors (Lipinski definition) is 5. The van der Waals surface area contributed by atoms with Crippen LogP contribution in [0.5, 0.6) is 0 Å². The highest BCUT2D eigenvalue weighted by atomic mass is 32.1. The van der Waals surface area contributed by atoms with Crippen molar-refractivity contribution in [1.29, 1.82) is 0 Å². The van der Waals surface area contributed by atoms with Crippen LogP contribution in [-0.4, -0.2) is 48.0 Å². The average molecular weight is 384 g/mol. The van der Waals surface area contributed by atoms with Crippen molar-refractivity contribution >= 4 is 28.3 Å². The molecule has 1 unspecified atom stereocenters. The largest absolute Gasteiger partial charge is 0.382 e. The van der Waals surface area contributed by atoms with Gasteiger partial charge in [-0.3, -0.25) is 9.59 Å². The van der Waals surface area contributed by atoms with E-state index >= 15 is 0 Å². The van der Waals surface area contributed by atoms with E-state index in [4.69, 9.17) is 4.74 Å². The molecule has 0 spiro atoms. The monoisotopic (exact) mass is 383 g/mol. The SMILES string of the molecule is CCCCC(CC)C(=O)N(CCCOCC)CC(=O)Nc1nc(C)cs1. The van der Waals surface area contributed by atoms with E-state index in [1.54, 1.807) is 4.90 Å². The molecule has 0 aliphatic heterocycles. The van der Waals surface area contributed by atoms with Crippen LogP contribution in [0.15, 0.2) is 5.38 Å². The van der Waals surface area contributed by atoms with Crippen LogP contribution in [-0.2, 0) is 14.3 Å². The molecule has 1 N–H and O–H groups in total. The topological polar surface area (TPSA) is 71.5 Å². The van der Waals surface area contributed by atoms with E-state index in [1.165, 1.54) is 11.3 Å². The Balaban J connectivity index is 2.68. The second-order valence-corrected chi connectivity index (χ2v) is 7.26. The normalized spacial score (nSPS) is 12.0. The zero-order valence-electron chi connectivity index (χ0n) is 16.5. The minimum absolute atomic E-state index is 0.0167. The zero-order valence-corrected chi connectivity index (χ0v) is 17.4. The fourth-order valence-corrected chi connectivity index (χ4v) is 3.43. The van der Waals surface area contributed by atoms with Gasteiger partial charge in [0, 0.05) is 31.1 Å². The molecule has 1 atom stereocenters. The van der Waals surface area contributed by atoms with Crippen LogP contribution in [0.3, 0.4) is 0 Å². The number of aryl methyl sites for hydroxylation is 1. The summed E-state index contributed by atoms with van der Waals surface area (Å²) < 4.78 is 5.37. The fraction of sp³-hybridized carbons (Fsp3) is 0.737. The first-order valence-electron chi connectivity index (χ1n) is 9.60. The van der Waals surface area contributed by atoms with Crippen LogP contribution in [0.1, 0.15) is 58.6 Å². The third kappa shape index (κ3) is 8.27. The Bertz CT molecular complexity index is 548. The summed E-state index contributed by atoms with van der Waals surface area (Å²) in [5.74, 6) is -0.144. The minimum Gasteiger partial charge on any atom is -0.382 e. The Hall–Kier alpha value is -1.47. The zero-order chi connectivity index (χ0) is 19.4. The first-order valence-corrected chi connectivity index (χ1v) is 10.5. The lowest BCUT2D eigenvalue weighted by molar-refractivity contribution is -0.139. The Labute approximate surface area is 161 Å². The van der Waals surface area contributed by atoms with Gasteiger partial charge < -0.3 is 15.0 Å². The highest BCUT2D eigenvalue weighted by Gasteiger charge is 2.24. The van der Waals surface area contributed by atoms with Gasteiger partial charge in [-0.2, -0.15) is 0 Å². The molecule has 7 heteroatoms. The number of rotatable bonds is 13. The summed E-state index contributed by atoms with van der Waals surface area (Å²) in [7, 11) is 0. The van der Waals surface area contributed by atoms with Crippen molar-refractivity contribution in [2.24, 2.45) is 5.92 Å². The minimum atomic E-state index is -0.200. The van der Waals surface area contributed by atoms with Gasteiger partial charge in [0.2, 0.25) is 11.8 Å². The molecule has 0 bridgehead atoms. The van der Waals surface area contributed by atoms with Gasteiger partial charge in [0.1, 0.15) is 0 Å². The van der Waals surface area contributed by atoms with E-state index in [1.807, 2.05) is 26.2 Å². The van der Waals surface area contributed by atoms with Gasteiger partial charge in [0.15, 0.2) is 5.13 Å². The summed E-state index contributed by atoms with van der Waals surface area (Å²) in [5.41, 5.74) is 0.876. The predicted molar refractivity (Wildman–Crippen MR) is 106 cm³/mol. The van der Waals surface area contributed by atoms with Crippen LogP contribution in [0.25, 0.3) is 0 Å². The Kier molecular flexibility index (Phi) is 11.1. The van der Waals surface area contributed by atoms with Crippen molar-refractivity contribution in [2.75, 3.05) is 31.6 Å². The molecule has 1 aromatic rings. The number of nitrogens with one attached hydrogen (secondary N) is 1. The van der Waals surface area contributed by atoms with Gasteiger partial charge in [-0.05, 0) is 33.1 Å². The van der Waals surface area contributed by atoms with E-state index in [2.05, 4.69) is 17.2 Å². The second-order valence-electron chi connectivity index (χ2n) is 6.40. The van der Waals surface area contributed by atoms with E-state index in [9.17, 15) is 9.59 Å². The molecule has 0 aliphatic carbocycles. The van der Waals surface area contributed by atoms with Crippen LogP contribution < -0.4 is 5.32 Å². The van der Waals surface area contributed by atoms with Crippen molar-refractivity contribution in [3.05, 3.63) is 11.1 Å². The summed E-state index contributed by atoms with van der Waals surface area (Å²) in [6, 6.07) is 0. The Morgan fingerprint density at radius 3 is 2.65 bits per heavy atom. The van der Waals surface area contributed by atoms with E-state index in [0.29, 0.717) is 24.9 Å². The van der Waals surface area contributed by atoms with Gasteiger partial charge >= 0.3 is 0 Å². The molecule has 1 aromatic heterocycles. The molecular weight excluding hydrogens is 350 g/mol. The molecular formula is C19H33N3O3S. The first-order chi connectivity index (χ1) is 12.5. The molecule has 2 amide bonds. The number of carbonyl (C=O) groups is 2. The van der Waals surface area contributed by atoms with Crippen molar-refractivity contribution in [2.45, 2.75) is 59.8 Å². The van der Waals surface area contributed by atoms with Gasteiger partial charge in [0.25, 0.3) is 0 Å². The van der Waals surface area contributed by atoms with Gasteiger partial charge in [-0.1, -0.05) is 26.7 Å². The summed E-state index contributed by atoms with van der Waals surface area (Å²) >= 11 is 1.39. The molecule has 0 aliphatic rings. The molecule has 26 heavy (non-hydrogen) atoms. The van der Waals surface area contributed by atoms with Crippen LogP contribution >= 0.6 is 11.3 Å². The van der Waals surface area contributed by atoms with Crippen molar-refractivity contribution in [3.63, 3.8) is 0 Å². The van der Waals surface area contributed by atoms with E-state index in [0.717, 1.165) is 37.8 Å². The van der Waals surface area contributed by atoms with Gasteiger partial charge in [-0.25, -0.2) is 4.98 Å². The number of unbranched alkanes of at least 4 members (excludes halogenated alkanes) is 1.